The topological polar surface area (TPSA) is 72.0 Å². The van der Waals surface area contributed by atoms with E-state index in [0.717, 1.165) is 33.5 Å². The molecular formula is C23H16ClNO4. The van der Waals surface area contributed by atoms with E-state index in [1.165, 1.54) is 0 Å². The molecule has 4 aromatic rings. The quantitative estimate of drug-likeness (QED) is 0.401. The Morgan fingerprint density at radius 2 is 1.86 bits per heavy atom. The van der Waals surface area contributed by atoms with Crippen LogP contribution in [-0.2, 0) is 4.79 Å². The van der Waals surface area contributed by atoms with Crippen LogP contribution in [0.25, 0.3) is 22.3 Å². The summed E-state index contributed by atoms with van der Waals surface area (Å²) in [5, 5.41) is 10.1. The zero-order chi connectivity index (χ0) is 20.2. The van der Waals surface area contributed by atoms with Crippen molar-refractivity contribution in [3.63, 3.8) is 0 Å². The number of ether oxygens (including phenoxy) is 1. The van der Waals surface area contributed by atoms with Gasteiger partial charge in [0.25, 0.3) is 0 Å². The molecule has 0 atom stereocenters. The molecule has 0 aliphatic rings. The summed E-state index contributed by atoms with van der Waals surface area (Å²) in [7, 11) is 0. The van der Waals surface area contributed by atoms with Gasteiger partial charge in [-0.05, 0) is 60.2 Å². The van der Waals surface area contributed by atoms with Crippen molar-refractivity contribution in [3.8, 4) is 17.1 Å². The normalized spacial score (nSPS) is 11.2. The molecule has 0 fully saturated rings. The smallest absolute Gasteiger partial charge is 0.341 e. The third kappa shape index (κ3) is 4.47. The summed E-state index contributed by atoms with van der Waals surface area (Å²) in [6.07, 6.45) is 1.68. The summed E-state index contributed by atoms with van der Waals surface area (Å²) in [5.74, 6) is 0.0738. The van der Waals surface area contributed by atoms with E-state index < -0.39 is 12.6 Å². The second-order valence-corrected chi connectivity index (χ2v) is 6.73. The number of carboxylic acids is 1. The molecule has 6 heteroatoms. The molecule has 3 aromatic carbocycles. The Kier molecular flexibility index (Phi) is 5.31. The predicted molar refractivity (Wildman–Crippen MR) is 113 cm³/mol. The maximum absolute atomic E-state index is 10.6. The number of benzene rings is 3. The van der Waals surface area contributed by atoms with Crippen LogP contribution in [0.4, 0.5) is 5.69 Å². The maximum Gasteiger partial charge on any atom is 0.341 e. The average molecular weight is 406 g/mol. The van der Waals surface area contributed by atoms with Crippen molar-refractivity contribution in [3.05, 3.63) is 83.4 Å². The van der Waals surface area contributed by atoms with Gasteiger partial charge in [0.15, 0.2) is 6.61 Å². The van der Waals surface area contributed by atoms with E-state index in [-0.39, 0.29) is 0 Å². The van der Waals surface area contributed by atoms with Gasteiger partial charge in [-0.25, -0.2) is 4.79 Å². The van der Waals surface area contributed by atoms with Crippen molar-refractivity contribution in [2.75, 3.05) is 6.61 Å². The molecule has 0 saturated heterocycles. The van der Waals surface area contributed by atoms with Gasteiger partial charge in [-0.3, -0.25) is 4.99 Å². The van der Waals surface area contributed by atoms with E-state index in [9.17, 15) is 4.79 Å². The Labute approximate surface area is 171 Å². The zero-order valence-corrected chi connectivity index (χ0v) is 16.0. The highest BCUT2D eigenvalue weighted by atomic mass is 35.5. The molecule has 144 valence electrons. The van der Waals surface area contributed by atoms with E-state index in [1.54, 1.807) is 24.4 Å². The molecule has 0 unspecified atom stereocenters. The van der Waals surface area contributed by atoms with Crippen LogP contribution in [0.2, 0.25) is 5.02 Å². The number of fused-ring (bicyclic) bond motifs is 1. The van der Waals surface area contributed by atoms with Crippen LogP contribution in [0.1, 0.15) is 5.56 Å². The van der Waals surface area contributed by atoms with Crippen LogP contribution in [0.5, 0.6) is 5.75 Å². The lowest BCUT2D eigenvalue weighted by atomic mass is 10.1. The third-order valence-corrected chi connectivity index (χ3v) is 4.54. The number of carboxylic acid groups (broad SMARTS) is 1. The minimum atomic E-state index is -1.06. The highest BCUT2D eigenvalue weighted by Crippen LogP contribution is 2.29. The number of aliphatic imine (C=N–C) groups is 1. The zero-order valence-electron chi connectivity index (χ0n) is 15.2. The molecule has 0 spiro atoms. The van der Waals surface area contributed by atoms with Crippen LogP contribution >= 0.6 is 11.6 Å². The first-order valence-electron chi connectivity index (χ1n) is 8.86. The van der Waals surface area contributed by atoms with Gasteiger partial charge in [-0.1, -0.05) is 29.8 Å². The Bertz CT molecular complexity index is 1160. The van der Waals surface area contributed by atoms with Gasteiger partial charge in [0, 0.05) is 17.2 Å². The van der Waals surface area contributed by atoms with Gasteiger partial charge >= 0.3 is 5.97 Å². The first-order valence-corrected chi connectivity index (χ1v) is 9.23. The lowest BCUT2D eigenvalue weighted by Gasteiger charge is -2.05. The van der Waals surface area contributed by atoms with Crippen LogP contribution in [0, 0.1) is 0 Å². The second-order valence-electron chi connectivity index (χ2n) is 6.33. The van der Waals surface area contributed by atoms with Gasteiger partial charge in [0.2, 0.25) is 0 Å². The van der Waals surface area contributed by atoms with E-state index in [2.05, 4.69) is 4.99 Å². The summed E-state index contributed by atoms with van der Waals surface area (Å²) in [6, 6.07) is 22.7. The number of furan rings is 1. The fourth-order valence-electron chi connectivity index (χ4n) is 2.84. The molecule has 0 bridgehead atoms. The molecule has 1 heterocycles. The van der Waals surface area contributed by atoms with Gasteiger partial charge < -0.3 is 14.3 Å². The minimum Gasteiger partial charge on any atom is -0.480 e. The maximum atomic E-state index is 10.6. The average Bonchev–Trinajstić information content (AvgIpc) is 3.16. The fraction of sp³-hybridized carbons (Fsp3) is 0.0435. The summed E-state index contributed by atoms with van der Waals surface area (Å²) in [5.41, 5.74) is 3.40. The number of hydrogen-bond donors (Lipinski definition) is 1. The molecule has 0 saturated carbocycles. The second kappa shape index (κ2) is 8.20. The largest absolute Gasteiger partial charge is 0.480 e. The molecular weight excluding hydrogens is 390 g/mol. The molecule has 0 aliphatic heterocycles. The molecule has 5 nitrogen and oxygen atoms in total. The van der Waals surface area contributed by atoms with E-state index in [4.69, 9.17) is 25.9 Å². The van der Waals surface area contributed by atoms with Crippen LogP contribution in [-0.4, -0.2) is 23.9 Å². The van der Waals surface area contributed by atoms with Crippen LogP contribution < -0.4 is 4.74 Å². The Morgan fingerprint density at radius 3 is 2.59 bits per heavy atom. The van der Waals surface area contributed by atoms with Crippen molar-refractivity contribution in [1.29, 1.82) is 0 Å². The highest BCUT2D eigenvalue weighted by Gasteiger charge is 2.06. The lowest BCUT2D eigenvalue weighted by molar-refractivity contribution is -0.139. The van der Waals surface area contributed by atoms with E-state index in [0.29, 0.717) is 10.8 Å². The van der Waals surface area contributed by atoms with Crippen molar-refractivity contribution in [2.45, 2.75) is 0 Å². The third-order valence-electron chi connectivity index (χ3n) is 4.25. The van der Waals surface area contributed by atoms with Crippen molar-refractivity contribution < 1.29 is 19.1 Å². The van der Waals surface area contributed by atoms with Crippen molar-refractivity contribution in [2.24, 2.45) is 4.99 Å². The number of aliphatic carboxylic acids is 1. The standard InChI is InChI=1S/C23H16ClNO4/c24-19-11-15(5-10-21(19)28-14-23(26)27)13-25-18-8-6-16(7-9-18)22-12-17-3-1-2-4-20(17)29-22/h1-13H,14H2,(H,26,27). The first kappa shape index (κ1) is 18.8. The predicted octanol–water partition coefficient (Wildman–Crippen LogP) is 5.97. The minimum absolute atomic E-state index is 0.321. The number of nitrogens with zero attached hydrogens (tertiary/aromatic N) is 1. The van der Waals surface area contributed by atoms with Gasteiger partial charge in [-0.2, -0.15) is 0 Å². The van der Waals surface area contributed by atoms with E-state index in [1.807, 2.05) is 54.6 Å². The molecule has 4 rings (SSSR count). The summed E-state index contributed by atoms with van der Waals surface area (Å²) in [4.78, 5) is 15.0. The monoisotopic (exact) mass is 405 g/mol. The molecule has 0 aliphatic carbocycles. The number of carbonyl (C=O) groups is 1. The molecule has 1 aromatic heterocycles. The fourth-order valence-corrected chi connectivity index (χ4v) is 3.08. The number of hydrogen-bond acceptors (Lipinski definition) is 4. The van der Waals surface area contributed by atoms with Crippen molar-refractivity contribution in [1.82, 2.24) is 0 Å². The number of halogens is 1. The summed E-state index contributed by atoms with van der Waals surface area (Å²) in [6.45, 7) is -0.440. The summed E-state index contributed by atoms with van der Waals surface area (Å²) < 4.78 is 11.0. The number of rotatable bonds is 6. The van der Waals surface area contributed by atoms with Gasteiger partial charge in [0.05, 0.1) is 10.7 Å². The van der Waals surface area contributed by atoms with Gasteiger partial charge in [0.1, 0.15) is 17.1 Å². The SMILES string of the molecule is O=C(O)COc1ccc(C=Nc2ccc(-c3cc4ccccc4o3)cc2)cc1Cl. The number of para-hydroxylation sites is 1. The molecule has 0 radical (unpaired) electrons. The Hall–Kier alpha value is -3.57. The molecule has 0 amide bonds. The van der Waals surface area contributed by atoms with Crippen LogP contribution in [0.15, 0.2) is 82.2 Å². The van der Waals surface area contributed by atoms with E-state index >= 15 is 0 Å². The van der Waals surface area contributed by atoms with Crippen molar-refractivity contribution >= 4 is 40.4 Å². The molecule has 1 N–H and O–H groups in total. The Morgan fingerprint density at radius 1 is 1.07 bits per heavy atom. The summed E-state index contributed by atoms with van der Waals surface area (Å²) >= 11 is 6.13. The lowest BCUT2D eigenvalue weighted by Crippen LogP contribution is -2.09. The first-order chi connectivity index (χ1) is 14.1. The van der Waals surface area contributed by atoms with Crippen LogP contribution in [0.3, 0.4) is 0 Å². The molecule has 29 heavy (non-hydrogen) atoms. The Balaban J connectivity index is 1.47. The van der Waals surface area contributed by atoms with Gasteiger partial charge in [-0.15, -0.1) is 0 Å². The highest BCUT2D eigenvalue weighted by molar-refractivity contribution is 6.32.